The average Bonchev–Trinajstić information content (AvgIpc) is 2.26. The van der Waals surface area contributed by atoms with Crippen molar-refractivity contribution in [2.24, 2.45) is 0 Å². The summed E-state index contributed by atoms with van der Waals surface area (Å²) >= 11 is 5.98. The van der Waals surface area contributed by atoms with Gasteiger partial charge >= 0.3 is 0 Å². The molecule has 0 spiro atoms. The molecule has 0 radical (unpaired) electrons. The second-order valence-electron chi connectivity index (χ2n) is 5.60. The number of hydrogen-bond donors (Lipinski definition) is 1. The van der Waals surface area contributed by atoms with Crippen LogP contribution in [0.25, 0.3) is 0 Å². The lowest BCUT2D eigenvalue weighted by Crippen LogP contribution is -2.32. The Balaban J connectivity index is 3.03. The largest absolute Gasteiger partial charge is 0.350 e. The quantitative estimate of drug-likeness (QED) is 0.852. The number of pyridine rings is 1. The van der Waals surface area contributed by atoms with Gasteiger partial charge in [0.2, 0.25) is 0 Å². The highest BCUT2D eigenvalue weighted by molar-refractivity contribution is 6.29. The van der Waals surface area contributed by atoms with Crippen molar-refractivity contribution in [2.75, 3.05) is 0 Å². The molecule has 1 atom stereocenters. The molecule has 1 aromatic rings. The summed E-state index contributed by atoms with van der Waals surface area (Å²) in [5, 5.41) is 3.28. The molecule has 100 valence electrons. The molecule has 4 heteroatoms. The monoisotopic (exact) mass is 268 g/mol. The smallest absolute Gasteiger partial charge is 0.251 e. The summed E-state index contributed by atoms with van der Waals surface area (Å²) in [4.78, 5) is 16.3. The minimum atomic E-state index is -0.129. The maximum absolute atomic E-state index is 12.0. The summed E-state index contributed by atoms with van der Waals surface area (Å²) in [5.41, 5.74) is 1.26. The van der Waals surface area contributed by atoms with Crippen molar-refractivity contribution in [3.8, 4) is 0 Å². The van der Waals surface area contributed by atoms with E-state index in [-0.39, 0.29) is 17.4 Å². The van der Waals surface area contributed by atoms with Gasteiger partial charge in [-0.25, -0.2) is 4.98 Å². The molecular formula is C14H21ClN2O. The van der Waals surface area contributed by atoms with Gasteiger partial charge in [0.25, 0.3) is 5.91 Å². The molecule has 1 heterocycles. The number of carbonyl (C=O) groups excluding carboxylic acids is 1. The van der Waals surface area contributed by atoms with Crippen LogP contribution >= 0.6 is 11.6 Å². The lowest BCUT2D eigenvalue weighted by molar-refractivity contribution is 0.0939. The maximum Gasteiger partial charge on any atom is 0.251 e. The number of nitrogens with one attached hydrogen (secondary N) is 1. The molecule has 1 rings (SSSR count). The van der Waals surface area contributed by atoms with E-state index < -0.39 is 0 Å². The third-order valence-electron chi connectivity index (χ3n) is 2.81. The number of rotatable bonds is 3. The predicted octanol–water partition coefficient (Wildman–Crippen LogP) is 3.56. The lowest BCUT2D eigenvalue weighted by atomic mass is 9.91. The summed E-state index contributed by atoms with van der Waals surface area (Å²) in [6.07, 6.45) is 0.899. The highest BCUT2D eigenvalue weighted by atomic mass is 35.5. The van der Waals surface area contributed by atoms with Crippen LogP contribution in [-0.4, -0.2) is 16.9 Å². The lowest BCUT2D eigenvalue weighted by Gasteiger charge is -2.19. The summed E-state index contributed by atoms with van der Waals surface area (Å²) < 4.78 is 0. The standard InChI is InChI=1S/C14H21ClN2O/c1-6-9(2)16-13(18)10-7-11(14(3,4)5)17-12(15)8-10/h7-9H,6H2,1-5H3,(H,16,18). The predicted molar refractivity (Wildman–Crippen MR) is 75.2 cm³/mol. The molecule has 0 saturated carbocycles. The molecule has 0 saturated heterocycles. The second kappa shape index (κ2) is 5.70. The summed E-state index contributed by atoms with van der Waals surface area (Å²) in [7, 11) is 0. The van der Waals surface area contributed by atoms with Crippen molar-refractivity contribution in [1.29, 1.82) is 0 Å². The molecule has 0 bridgehead atoms. The van der Waals surface area contributed by atoms with Crippen molar-refractivity contribution >= 4 is 17.5 Å². The number of nitrogens with zero attached hydrogens (tertiary/aromatic N) is 1. The first-order chi connectivity index (χ1) is 8.24. The van der Waals surface area contributed by atoms with Crippen LogP contribution in [0.3, 0.4) is 0 Å². The Labute approximate surface area is 114 Å². The highest BCUT2D eigenvalue weighted by Gasteiger charge is 2.19. The fourth-order valence-corrected chi connectivity index (χ4v) is 1.63. The van der Waals surface area contributed by atoms with Crippen molar-refractivity contribution in [3.05, 3.63) is 28.5 Å². The Kier molecular flexibility index (Phi) is 4.74. The van der Waals surface area contributed by atoms with Gasteiger partial charge in [0.15, 0.2) is 0 Å². The summed E-state index contributed by atoms with van der Waals surface area (Å²) in [6.45, 7) is 10.1. The van der Waals surface area contributed by atoms with Gasteiger partial charge in [0, 0.05) is 22.7 Å². The van der Waals surface area contributed by atoms with Gasteiger partial charge < -0.3 is 5.32 Å². The summed E-state index contributed by atoms with van der Waals surface area (Å²) in [5.74, 6) is -0.0980. The maximum atomic E-state index is 12.0. The normalized spacial score (nSPS) is 13.2. The number of hydrogen-bond acceptors (Lipinski definition) is 2. The van der Waals surface area contributed by atoms with Crippen molar-refractivity contribution < 1.29 is 4.79 Å². The first kappa shape index (κ1) is 15.0. The molecule has 18 heavy (non-hydrogen) atoms. The van der Waals surface area contributed by atoms with Crippen LogP contribution in [0.1, 0.15) is 57.1 Å². The molecular weight excluding hydrogens is 248 g/mol. The SMILES string of the molecule is CCC(C)NC(=O)c1cc(Cl)nc(C(C)(C)C)c1. The second-order valence-corrected chi connectivity index (χ2v) is 5.98. The number of aromatic nitrogens is 1. The van der Waals surface area contributed by atoms with Crippen molar-refractivity contribution in [1.82, 2.24) is 10.3 Å². The molecule has 1 amide bonds. The van der Waals surface area contributed by atoms with Crippen LogP contribution in [0.4, 0.5) is 0 Å². The minimum Gasteiger partial charge on any atom is -0.350 e. The Bertz CT molecular complexity index is 438. The Morgan fingerprint density at radius 2 is 2.06 bits per heavy atom. The molecule has 0 fully saturated rings. The van der Waals surface area contributed by atoms with E-state index in [9.17, 15) is 4.79 Å². The van der Waals surface area contributed by atoms with Crippen LogP contribution in [0.15, 0.2) is 12.1 Å². The van der Waals surface area contributed by atoms with Gasteiger partial charge in [-0.15, -0.1) is 0 Å². The van der Waals surface area contributed by atoms with Crippen LogP contribution in [0.2, 0.25) is 5.15 Å². The average molecular weight is 269 g/mol. The van der Waals surface area contributed by atoms with Gasteiger partial charge in [0.1, 0.15) is 5.15 Å². The van der Waals surface area contributed by atoms with Crippen molar-refractivity contribution in [2.45, 2.75) is 52.5 Å². The third-order valence-corrected chi connectivity index (χ3v) is 3.01. The van der Waals surface area contributed by atoms with Crippen LogP contribution in [-0.2, 0) is 5.41 Å². The molecule has 0 aliphatic rings. The first-order valence-corrected chi connectivity index (χ1v) is 6.60. The minimum absolute atomic E-state index is 0.0980. The zero-order chi connectivity index (χ0) is 13.9. The van der Waals surface area contributed by atoms with Gasteiger partial charge in [-0.2, -0.15) is 0 Å². The summed E-state index contributed by atoms with van der Waals surface area (Å²) in [6, 6.07) is 3.57. The number of amides is 1. The Morgan fingerprint density at radius 3 is 2.56 bits per heavy atom. The van der Waals surface area contributed by atoms with E-state index in [0.29, 0.717) is 10.7 Å². The zero-order valence-electron chi connectivity index (χ0n) is 11.7. The molecule has 0 aromatic carbocycles. The van der Waals surface area contributed by atoms with Gasteiger partial charge in [-0.3, -0.25) is 4.79 Å². The topological polar surface area (TPSA) is 42.0 Å². The van der Waals surface area contributed by atoms with Crippen LogP contribution in [0.5, 0.6) is 0 Å². The zero-order valence-corrected chi connectivity index (χ0v) is 12.4. The number of carbonyl (C=O) groups is 1. The van der Waals surface area contributed by atoms with E-state index in [0.717, 1.165) is 12.1 Å². The van der Waals surface area contributed by atoms with Gasteiger partial charge in [-0.1, -0.05) is 39.3 Å². The molecule has 0 aliphatic heterocycles. The third kappa shape index (κ3) is 3.98. The molecule has 1 aromatic heterocycles. The molecule has 1 N–H and O–H groups in total. The van der Waals surface area contributed by atoms with Gasteiger partial charge in [0.05, 0.1) is 0 Å². The first-order valence-electron chi connectivity index (χ1n) is 6.23. The molecule has 0 aliphatic carbocycles. The van der Waals surface area contributed by atoms with E-state index in [1.807, 2.05) is 40.7 Å². The van der Waals surface area contributed by atoms with E-state index in [4.69, 9.17) is 11.6 Å². The van der Waals surface area contributed by atoms with E-state index in [2.05, 4.69) is 10.3 Å². The highest BCUT2D eigenvalue weighted by Crippen LogP contribution is 2.23. The fourth-order valence-electron chi connectivity index (χ4n) is 1.42. The molecule has 3 nitrogen and oxygen atoms in total. The Hall–Kier alpha value is -1.09. The fraction of sp³-hybridized carbons (Fsp3) is 0.571. The van der Waals surface area contributed by atoms with Gasteiger partial charge in [-0.05, 0) is 25.5 Å². The van der Waals surface area contributed by atoms with E-state index in [1.54, 1.807) is 6.07 Å². The van der Waals surface area contributed by atoms with Crippen molar-refractivity contribution in [3.63, 3.8) is 0 Å². The van der Waals surface area contributed by atoms with E-state index in [1.165, 1.54) is 0 Å². The Morgan fingerprint density at radius 1 is 1.44 bits per heavy atom. The van der Waals surface area contributed by atoms with Crippen LogP contribution in [0, 0.1) is 0 Å². The molecule has 1 unspecified atom stereocenters. The number of halogens is 1. The van der Waals surface area contributed by atoms with E-state index >= 15 is 0 Å². The van der Waals surface area contributed by atoms with Crippen LogP contribution < -0.4 is 5.32 Å².